The van der Waals surface area contributed by atoms with Crippen LogP contribution in [0.3, 0.4) is 0 Å². The molecule has 7 atom stereocenters. The minimum absolute atomic E-state index is 0.0585. The van der Waals surface area contributed by atoms with Gasteiger partial charge in [0.25, 0.3) is 0 Å². The molecule has 8 heteroatoms. The number of carbonyl (C=O) groups excluding carboxylic acids is 3. The largest absolute Gasteiger partial charge is 0.472 e. The summed E-state index contributed by atoms with van der Waals surface area (Å²) in [6, 6.07) is 1.78. The number of carbonyl (C=O) groups is 3. The first-order valence-electron chi connectivity index (χ1n) is 12.0. The fourth-order valence-corrected chi connectivity index (χ4v) is 6.60. The fraction of sp³-hybridized carbons (Fsp3) is 0.731. The highest BCUT2D eigenvalue weighted by atomic mass is 16.7. The summed E-state index contributed by atoms with van der Waals surface area (Å²) < 4.78 is 27.8. The number of fused-ring (bicyclic) bond motifs is 3. The molecule has 0 amide bonds. The van der Waals surface area contributed by atoms with Gasteiger partial charge < -0.3 is 23.4 Å². The molecular formula is C26H36O8. The maximum atomic E-state index is 14.0. The second-order valence-corrected chi connectivity index (χ2v) is 11.5. The number of furan rings is 1. The number of ketones is 1. The molecule has 1 aromatic rings. The molecule has 4 rings (SSSR count). The van der Waals surface area contributed by atoms with Crippen molar-refractivity contribution in [1.82, 2.24) is 0 Å². The number of esters is 2. The van der Waals surface area contributed by atoms with Gasteiger partial charge in [0.15, 0.2) is 5.78 Å². The Balaban J connectivity index is 1.71. The third-order valence-electron chi connectivity index (χ3n) is 8.26. The van der Waals surface area contributed by atoms with E-state index in [2.05, 4.69) is 0 Å². The van der Waals surface area contributed by atoms with E-state index in [4.69, 9.17) is 23.4 Å². The van der Waals surface area contributed by atoms with Gasteiger partial charge in [0.2, 0.25) is 0 Å². The van der Waals surface area contributed by atoms with Crippen molar-refractivity contribution in [2.45, 2.75) is 78.1 Å². The molecule has 1 aliphatic heterocycles. The summed E-state index contributed by atoms with van der Waals surface area (Å²) in [5.41, 5.74) is -1.03. The van der Waals surface area contributed by atoms with Crippen molar-refractivity contribution >= 4 is 17.7 Å². The zero-order valence-electron chi connectivity index (χ0n) is 20.9. The average molecular weight is 477 g/mol. The lowest BCUT2D eigenvalue weighted by atomic mass is 9.43. The summed E-state index contributed by atoms with van der Waals surface area (Å²) in [7, 11) is 1.37. The van der Waals surface area contributed by atoms with E-state index in [0.717, 1.165) is 5.56 Å². The Morgan fingerprint density at radius 3 is 2.56 bits per heavy atom. The van der Waals surface area contributed by atoms with Crippen molar-refractivity contribution < 1.29 is 37.7 Å². The van der Waals surface area contributed by atoms with Gasteiger partial charge in [0, 0.05) is 11.5 Å². The van der Waals surface area contributed by atoms with E-state index < -0.39 is 46.4 Å². The molecule has 0 aromatic carbocycles. The quantitative estimate of drug-likeness (QED) is 0.460. The van der Waals surface area contributed by atoms with Gasteiger partial charge >= 0.3 is 11.9 Å². The molecule has 0 spiro atoms. The van der Waals surface area contributed by atoms with Crippen molar-refractivity contribution in [2.75, 3.05) is 13.9 Å². The topological polar surface area (TPSA) is 101 Å². The number of methoxy groups -OCH3 is 1. The van der Waals surface area contributed by atoms with E-state index in [9.17, 15) is 14.4 Å². The molecule has 3 aliphatic rings. The smallest absolute Gasteiger partial charge is 0.310 e. The average Bonchev–Trinajstić information content (AvgIpc) is 3.28. The van der Waals surface area contributed by atoms with E-state index in [1.165, 1.54) is 7.11 Å². The number of rotatable bonds is 5. The number of Topliss-reactive ketones (excluding diaryl/α,β-unsaturated/α-hetero) is 1. The summed E-state index contributed by atoms with van der Waals surface area (Å²) in [6.07, 6.45) is 3.60. The minimum Gasteiger partial charge on any atom is -0.472 e. The van der Waals surface area contributed by atoms with Gasteiger partial charge in [-0.25, -0.2) is 0 Å². The summed E-state index contributed by atoms with van der Waals surface area (Å²) in [4.78, 5) is 40.2. The molecule has 34 heavy (non-hydrogen) atoms. The summed E-state index contributed by atoms with van der Waals surface area (Å²) in [5, 5.41) is 0. The monoisotopic (exact) mass is 476 g/mol. The molecule has 8 nitrogen and oxygen atoms in total. The van der Waals surface area contributed by atoms with Gasteiger partial charge in [-0.15, -0.1) is 0 Å². The summed E-state index contributed by atoms with van der Waals surface area (Å²) >= 11 is 0. The van der Waals surface area contributed by atoms with Crippen LogP contribution in [-0.2, 0) is 33.3 Å². The molecule has 2 aliphatic carbocycles. The van der Waals surface area contributed by atoms with Gasteiger partial charge in [-0.1, -0.05) is 13.8 Å². The maximum Gasteiger partial charge on any atom is 0.310 e. The molecule has 3 fully saturated rings. The highest BCUT2D eigenvalue weighted by molar-refractivity contribution is 5.92. The van der Waals surface area contributed by atoms with Crippen LogP contribution in [0.25, 0.3) is 0 Å². The van der Waals surface area contributed by atoms with Gasteiger partial charge in [0.1, 0.15) is 19.0 Å². The zero-order chi connectivity index (χ0) is 24.9. The Morgan fingerprint density at radius 1 is 1.21 bits per heavy atom. The van der Waals surface area contributed by atoms with E-state index >= 15 is 0 Å². The molecule has 1 aromatic heterocycles. The van der Waals surface area contributed by atoms with E-state index in [1.54, 1.807) is 18.6 Å². The fourth-order valence-electron chi connectivity index (χ4n) is 6.60. The molecule has 188 valence electrons. The standard InChI is InChI=1S/C26H36O8/c1-24(2,3)33-14-32-18-11-17(22(28)30-6)25(4)9-7-16-23(29)34-19(15-8-10-31-13-15)12-26(16,5)21(25)20(18)27/h8,10,13,16-19,21H,7,9,11-12,14H2,1-6H3/t16-,17-,18-,19+,21-,25-,26-/m0/s1. The van der Waals surface area contributed by atoms with Crippen LogP contribution < -0.4 is 0 Å². The van der Waals surface area contributed by atoms with Crippen LogP contribution in [0.15, 0.2) is 23.0 Å². The lowest BCUT2D eigenvalue weighted by Crippen LogP contribution is -2.64. The Labute approximate surface area is 200 Å². The number of ether oxygens (including phenoxy) is 4. The first-order valence-corrected chi connectivity index (χ1v) is 12.0. The third kappa shape index (κ3) is 4.19. The maximum absolute atomic E-state index is 14.0. The molecule has 0 unspecified atom stereocenters. The van der Waals surface area contributed by atoms with Crippen molar-refractivity contribution in [1.29, 1.82) is 0 Å². The Hall–Kier alpha value is -2.19. The van der Waals surface area contributed by atoms with E-state index in [-0.39, 0.29) is 30.9 Å². The van der Waals surface area contributed by atoms with Crippen LogP contribution in [0.1, 0.15) is 72.0 Å². The van der Waals surface area contributed by atoms with Crippen LogP contribution in [-0.4, -0.2) is 43.3 Å². The highest BCUT2D eigenvalue weighted by Gasteiger charge is 2.67. The first-order chi connectivity index (χ1) is 15.9. The van der Waals surface area contributed by atoms with Crippen LogP contribution in [0, 0.1) is 28.6 Å². The third-order valence-corrected chi connectivity index (χ3v) is 8.26. The van der Waals surface area contributed by atoms with Crippen LogP contribution in [0.4, 0.5) is 0 Å². The predicted molar refractivity (Wildman–Crippen MR) is 120 cm³/mol. The number of hydrogen-bond acceptors (Lipinski definition) is 8. The molecule has 0 radical (unpaired) electrons. The second kappa shape index (κ2) is 8.79. The van der Waals surface area contributed by atoms with Gasteiger partial charge in [-0.05, 0) is 63.4 Å². The Bertz CT molecular complexity index is 931. The van der Waals surface area contributed by atoms with E-state index in [1.807, 2.05) is 34.6 Å². The lowest BCUT2D eigenvalue weighted by molar-refractivity contribution is -0.217. The Kier molecular flexibility index (Phi) is 6.44. The highest BCUT2D eigenvalue weighted by Crippen LogP contribution is 2.65. The van der Waals surface area contributed by atoms with Gasteiger partial charge in [-0.2, -0.15) is 0 Å². The normalized spacial score (nSPS) is 38.0. The Morgan fingerprint density at radius 2 is 1.94 bits per heavy atom. The summed E-state index contributed by atoms with van der Waals surface area (Å²) in [5.74, 6) is -2.25. The molecule has 2 heterocycles. The first kappa shape index (κ1) is 24.9. The van der Waals surface area contributed by atoms with Crippen molar-refractivity contribution in [3.63, 3.8) is 0 Å². The minimum atomic E-state index is -0.814. The lowest BCUT2D eigenvalue weighted by Gasteiger charge is -2.61. The van der Waals surface area contributed by atoms with Crippen LogP contribution >= 0.6 is 0 Å². The van der Waals surface area contributed by atoms with Crippen LogP contribution in [0.2, 0.25) is 0 Å². The number of hydrogen-bond donors (Lipinski definition) is 0. The summed E-state index contributed by atoms with van der Waals surface area (Å²) in [6.45, 7) is 9.65. The van der Waals surface area contributed by atoms with Crippen molar-refractivity contribution in [3.05, 3.63) is 24.2 Å². The zero-order valence-corrected chi connectivity index (χ0v) is 20.9. The predicted octanol–water partition coefficient (Wildman–Crippen LogP) is 4.23. The number of cyclic esters (lactones) is 1. The van der Waals surface area contributed by atoms with Crippen molar-refractivity contribution in [2.24, 2.45) is 28.6 Å². The van der Waals surface area contributed by atoms with Crippen LogP contribution in [0.5, 0.6) is 0 Å². The molecular weight excluding hydrogens is 440 g/mol. The van der Waals surface area contributed by atoms with Gasteiger partial charge in [0.05, 0.1) is 37.1 Å². The molecule has 0 N–H and O–H groups in total. The van der Waals surface area contributed by atoms with E-state index in [0.29, 0.717) is 19.3 Å². The molecule has 1 saturated heterocycles. The SMILES string of the molecule is COC(=O)[C@@H]1C[C@H](OCOC(C)(C)C)C(=O)[C@H]2[C@@]1(C)CC[C@H]1C(=O)O[C@@H](c3ccoc3)C[C@]21C. The van der Waals surface area contributed by atoms with Gasteiger partial charge in [-0.3, -0.25) is 14.4 Å². The van der Waals surface area contributed by atoms with Crippen molar-refractivity contribution in [3.8, 4) is 0 Å². The second-order valence-electron chi connectivity index (χ2n) is 11.5. The molecule has 0 bridgehead atoms. The molecule has 2 saturated carbocycles.